The Morgan fingerprint density at radius 2 is 1.88 bits per heavy atom. The lowest BCUT2D eigenvalue weighted by Gasteiger charge is -2.17. The van der Waals surface area contributed by atoms with Gasteiger partial charge in [0.25, 0.3) is 0 Å². The lowest BCUT2D eigenvalue weighted by molar-refractivity contribution is -0.138. The van der Waals surface area contributed by atoms with Crippen molar-refractivity contribution in [2.45, 2.75) is 39.5 Å². The van der Waals surface area contributed by atoms with Crippen molar-refractivity contribution < 1.29 is 19.4 Å². The van der Waals surface area contributed by atoms with Gasteiger partial charge in [-0.2, -0.15) is 0 Å². The molecule has 1 atom stereocenters. The van der Waals surface area contributed by atoms with Crippen LogP contribution in [0.3, 0.4) is 0 Å². The van der Waals surface area contributed by atoms with E-state index in [1.807, 2.05) is 57.2 Å². The van der Waals surface area contributed by atoms with Gasteiger partial charge in [-0.15, -0.1) is 0 Å². The lowest BCUT2D eigenvalue weighted by atomic mass is 9.88. The van der Waals surface area contributed by atoms with E-state index in [1.165, 1.54) is 0 Å². The van der Waals surface area contributed by atoms with E-state index in [4.69, 9.17) is 9.47 Å². The second-order valence-corrected chi connectivity index (χ2v) is 6.29. The molecule has 134 valence electrons. The molecule has 0 aliphatic heterocycles. The molecule has 0 aromatic heterocycles. The molecule has 1 unspecified atom stereocenters. The monoisotopic (exact) mass is 342 g/mol. The van der Waals surface area contributed by atoms with Gasteiger partial charge in [-0.25, -0.2) is 0 Å². The van der Waals surface area contributed by atoms with Crippen LogP contribution in [0.5, 0.6) is 11.5 Å². The number of hydrogen-bond donors (Lipinski definition) is 1. The van der Waals surface area contributed by atoms with Gasteiger partial charge in [0.05, 0.1) is 19.6 Å². The van der Waals surface area contributed by atoms with Crippen molar-refractivity contribution in [1.29, 1.82) is 0 Å². The Kier molecular flexibility index (Phi) is 6.45. The molecule has 4 nitrogen and oxygen atoms in total. The molecule has 25 heavy (non-hydrogen) atoms. The number of methoxy groups -OCH3 is 1. The molecule has 0 aliphatic rings. The molecule has 0 spiro atoms. The van der Waals surface area contributed by atoms with Crippen molar-refractivity contribution in [3.05, 3.63) is 58.7 Å². The second kappa shape index (κ2) is 8.56. The van der Waals surface area contributed by atoms with Gasteiger partial charge in [0.1, 0.15) is 0 Å². The highest BCUT2D eigenvalue weighted by Crippen LogP contribution is 2.31. The van der Waals surface area contributed by atoms with E-state index < -0.39 is 11.9 Å². The first-order valence-corrected chi connectivity index (χ1v) is 8.56. The first kappa shape index (κ1) is 18.8. The third kappa shape index (κ3) is 4.75. The van der Waals surface area contributed by atoms with Crippen LogP contribution in [-0.4, -0.2) is 24.8 Å². The molecule has 0 saturated carbocycles. The zero-order valence-corrected chi connectivity index (χ0v) is 15.3. The molecule has 4 heteroatoms. The van der Waals surface area contributed by atoms with Crippen molar-refractivity contribution in [3.63, 3.8) is 0 Å². The summed E-state index contributed by atoms with van der Waals surface area (Å²) in [6.07, 6.45) is 1.32. The average Bonchev–Trinajstić information content (AvgIpc) is 2.58. The van der Waals surface area contributed by atoms with Crippen LogP contribution in [-0.2, 0) is 11.2 Å². The van der Waals surface area contributed by atoms with Gasteiger partial charge in [-0.1, -0.05) is 36.8 Å². The number of carboxylic acid groups (broad SMARTS) is 1. The van der Waals surface area contributed by atoms with E-state index in [0.29, 0.717) is 24.5 Å². The molecule has 0 bridgehead atoms. The fraction of sp³-hybridized carbons (Fsp3) is 0.381. The zero-order chi connectivity index (χ0) is 18.4. The standard InChI is InChI=1S/C21H26O4/c1-5-10-25-19-9-7-16(13-20(19)24-4)12-18(21(22)23)17-8-6-14(2)11-15(17)3/h6-9,11,13,18H,5,10,12H2,1-4H3,(H,22,23). The van der Waals surface area contributed by atoms with Crippen LogP contribution in [0.25, 0.3) is 0 Å². The summed E-state index contributed by atoms with van der Waals surface area (Å²) >= 11 is 0. The number of aryl methyl sites for hydroxylation is 2. The lowest BCUT2D eigenvalue weighted by Crippen LogP contribution is -2.16. The quantitative estimate of drug-likeness (QED) is 0.767. The van der Waals surface area contributed by atoms with E-state index in [-0.39, 0.29) is 0 Å². The van der Waals surface area contributed by atoms with Crippen LogP contribution in [0, 0.1) is 13.8 Å². The van der Waals surface area contributed by atoms with Crippen molar-refractivity contribution in [2.75, 3.05) is 13.7 Å². The topological polar surface area (TPSA) is 55.8 Å². The Balaban J connectivity index is 2.29. The van der Waals surface area contributed by atoms with Gasteiger partial charge in [0.2, 0.25) is 0 Å². The molecule has 2 aromatic rings. The van der Waals surface area contributed by atoms with Gasteiger partial charge >= 0.3 is 5.97 Å². The molecule has 0 fully saturated rings. The molecular formula is C21H26O4. The maximum absolute atomic E-state index is 11.8. The fourth-order valence-corrected chi connectivity index (χ4v) is 2.95. The fourth-order valence-electron chi connectivity index (χ4n) is 2.95. The van der Waals surface area contributed by atoms with E-state index in [2.05, 4.69) is 0 Å². The summed E-state index contributed by atoms with van der Waals surface area (Å²) in [4.78, 5) is 11.8. The van der Waals surface area contributed by atoms with Gasteiger partial charge in [-0.05, 0) is 55.5 Å². The SMILES string of the molecule is CCCOc1ccc(CC(C(=O)O)c2ccc(C)cc2C)cc1OC. The van der Waals surface area contributed by atoms with E-state index in [9.17, 15) is 9.90 Å². The second-order valence-electron chi connectivity index (χ2n) is 6.29. The number of carbonyl (C=O) groups is 1. The molecule has 0 radical (unpaired) electrons. The zero-order valence-electron chi connectivity index (χ0n) is 15.3. The number of carboxylic acids is 1. The molecule has 2 aromatic carbocycles. The minimum Gasteiger partial charge on any atom is -0.493 e. The van der Waals surface area contributed by atoms with Gasteiger partial charge in [-0.3, -0.25) is 4.79 Å². The van der Waals surface area contributed by atoms with Crippen LogP contribution >= 0.6 is 0 Å². The smallest absolute Gasteiger partial charge is 0.311 e. The first-order chi connectivity index (χ1) is 12.0. The largest absolute Gasteiger partial charge is 0.493 e. The summed E-state index contributed by atoms with van der Waals surface area (Å²) in [6, 6.07) is 11.5. The molecule has 0 aliphatic carbocycles. The predicted molar refractivity (Wildman–Crippen MR) is 98.8 cm³/mol. The summed E-state index contributed by atoms with van der Waals surface area (Å²) in [6.45, 7) is 6.63. The third-order valence-electron chi connectivity index (χ3n) is 4.23. The molecule has 0 saturated heterocycles. The molecular weight excluding hydrogens is 316 g/mol. The van der Waals surface area contributed by atoms with Crippen LogP contribution < -0.4 is 9.47 Å². The maximum atomic E-state index is 11.8. The minimum absolute atomic E-state index is 0.406. The summed E-state index contributed by atoms with van der Waals surface area (Å²) in [5, 5.41) is 9.72. The number of rotatable bonds is 8. The Morgan fingerprint density at radius 1 is 1.12 bits per heavy atom. The summed E-state index contributed by atoms with van der Waals surface area (Å²) in [5.74, 6) is -0.0906. The highest BCUT2D eigenvalue weighted by Gasteiger charge is 2.22. The predicted octanol–water partition coefficient (Wildman–Crippen LogP) is 4.51. The number of aliphatic carboxylic acids is 1. The maximum Gasteiger partial charge on any atom is 0.311 e. The van der Waals surface area contributed by atoms with Crippen molar-refractivity contribution in [3.8, 4) is 11.5 Å². The normalized spacial score (nSPS) is 11.8. The first-order valence-electron chi connectivity index (χ1n) is 8.56. The molecule has 0 amide bonds. The Bertz CT molecular complexity index is 737. The van der Waals surface area contributed by atoms with Crippen molar-refractivity contribution in [2.24, 2.45) is 0 Å². The van der Waals surface area contributed by atoms with Crippen LogP contribution in [0.1, 0.15) is 41.5 Å². The van der Waals surface area contributed by atoms with Crippen molar-refractivity contribution >= 4 is 5.97 Å². The molecule has 0 heterocycles. The van der Waals surface area contributed by atoms with E-state index >= 15 is 0 Å². The Labute approximate surface area is 149 Å². The average molecular weight is 342 g/mol. The number of ether oxygens (including phenoxy) is 2. The van der Waals surface area contributed by atoms with Crippen LogP contribution in [0.15, 0.2) is 36.4 Å². The van der Waals surface area contributed by atoms with Crippen molar-refractivity contribution in [1.82, 2.24) is 0 Å². The van der Waals surface area contributed by atoms with Gasteiger partial charge < -0.3 is 14.6 Å². The van der Waals surface area contributed by atoms with Gasteiger partial charge in [0.15, 0.2) is 11.5 Å². The van der Waals surface area contributed by atoms with E-state index in [0.717, 1.165) is 28.7 Å². The number of benzene rings is 2. The Hall–Kier alpha value is -2.49. The van der Waals surface area contributed by atoms with Crippen LogP contribution in [0.2, 0.25) is 0 Å². The van der Waals surface area contributed by atoms with Crippen LogP contribution in [0.4, 0.5) is 0 Å². The van der Waals surface area contributed by atoms with Gasteiger partial charge in [0, 0.05) is 0 Å². The molecule has 2 rings (SSSR count). The summed E-state index contributed by atoms with van der Waals surface area (Å²) < 4.78 is 11.1. The highest BCUT2D eigenvalue weighted by atomic mass is 16.5. The third-order valence-corrected chi connectivity index (χ3v) is 4.23. The summed E-state index contributed by atoms with van der Waals surface area (Å²) in [7, 11) is 1.59. The minimum atomic E-state index is -0.822. The number of hydrogen-bond acceptors (Lipinski definition) is 3. The Morgan fingerprint density at radius 3 is 2.48 bits per heavy atom. The summed E-state index contributed by atoms with van der Waals surface area (Å²) in [5.41, 5.74) is 3.89. The molecule has 1 N–H and O–H groups in total. The van der Waals surface area contributed by atoms with E-state index in [1.54, 1.807) is 7.11 Å². The highest BCUT2D eigenvalue weighted by molar-refractivity contribution is 5.77.